The van der Waals surface area contributed by atoms with E-state index in [1.54, 1.807) is 12.1 Å². The molecule has 0 aliphatic carbocycles. The highest BCUT2D eigenvalue weighted by Crippen LogP contribution is 2.45. The quantitative estimate of drug-likeness (QED) is 0.494. The fraction of sp³-hybridized carbons (Fsp3) is 0.208. The Bertz CT molecular complexity index is 1070. The molecule has 0 spiro atoms. The SMILES string of the molecule is Cc1cc2c(c(-c3c(Cl)cccc3Cl)c1)OC(CN(Cc1ccccc1)C(=O)O)C2. The molecule has 1 unspecified atom stereocenters. The van der Waals surface area contributed by atoms with E-state index in [0.717, 1.165) is 33.6 Å². The van der Waals surface area contributed by atoms with Gasteiger partial charge < -0.3 is 14.7 Å². The molecule has 1 aliphatic rings. The van der Waals surface area contributed by atoms with E-state index in [-0.39, 0.29) is 12.6 Å². The summed E-state index contributed by atoms with van der Waals surface area (Å²) in [4.78, 5) is 13.2. The summed E-state index contributed by atoms with van der Waals surface area (Å²) < 4.78 is 6.25. The van der Waals surface area contributed by atoms with Gasteiger partial charge in [-0.3, -0.25) is 0 Å². The Hall–Kier alpha value is -2.69. The molecular weight excluding hydrogens is 421 g/mol. The first-order chi connectivity index (χ1) is 14.4. The van der Waals surface area contributed by atoms with E-state index < -0.39 is 6.09 Å². The average molecular weight is 442 g/mol. The number of nitrogens with zero attached hydrogens (tertiary/aromatic N) is 1. The Morgan fingerprint density at radius 3 is 2.47 bits per heavy atom. The maximum Gasteiger partial charge on any atom is 0.407 e. The molecule has 1 atom stereocenters. The average Bonchev–Trinajstić information content (AvgIpc) is 3.10. The van der Waals surface area contributed by atoms with Crippen LogP contribution in [0.3, 0.4) is 0 Å². The number of carboxylic acid groups (broad SMARTS) is 1. The summed E-state index contributed by atoms with van der Waals surface area (Å²) in [7, 11) is 0. The van der Waals surface area contributed by atoms with Crippen LogP contribution in [0.25, 0.3) is 11.1 Å². The van der Waals surface area contributed by atoms with E-state index in [1.165, 1.54) is 4.90 Å². The molecule has 1 N–H and O–H groups in total. The summed E-state index contributed by atoms with van der Waals surface area (Å²) in [5, 5.41) is 10.8. The molecule has 0 saturated carbocycles. The van der Waals surface area contributed by atoms with Crippen molar-refractivity contribution in [3.63, 3.8) is 0 Å². The number of aryl methyl sites for hydroxylation is 1. The van der Waals surface area contributed by atoms with E-state index in [1.807, 2.05) is 49.4 Å². The molecular formula is C24H21Cl2NO3. The van der Waals surface area contributed by atoms with Gasteiger partial charge in [0.2, 0.25) is 0 Å². The molecule has 30 heavy (non-hydrogen) atoms. The van der Waals surface area contributed by atoms with Crippen LogP contribution in [-0.2, 0) is 13.0 Å². The molecule has 1 aliphatic heterocycles. The van der Waals surface area contributed by atoms with Crippen molar-refractivity contribution in [1.29, 1.82) is 0 Å². The molecule has 3 aromatic carbocycles. The Labute approximate surface area is 185 Å². The van der Waals surface area contributed by atoms with E-state index in [9.17, 15) is 9.90 Å². The summed E-state index contributed by atoms with van der Waals surface area (Å²) in [5.41, 5.74) is 4.63. The van der Waals surface area contributed by atoms with Crippen LogP contribution in [0.5, 0.6) is 5.75 Å². The zero-order chi connectivity index (χ0) is 21.3. The Kier molecular flexibility index (Phi) is 5.89. The molecule has 3 aromatic rings. The van der Waals surface area contributed by atoms with Crippen molar-refractivity contribution in [3.05, 3.63) is 87.4 Å². The summed E-state index contributed by atoms with van der Waals surface area (Å²) in [6.45, 7) is 2.60. The van der Waals surface area contributed by atoms with Crippen molar-refractivity contribution in [2.24, 2.45) is 0 Å². The van der Waals surface area contributed by atoms with E-state index in [0.29, 0.717) is 23.0 Å². The van der Waals surface area contributed by atoms with Crippen molar-refractivity contribution in [3.8, 4) is 16.9 Å². The third-order valence-electron chi connectivity index (χ3n) is 5.19. The lowest BCUT2D eigenvalue weighted by molar-refractivity contribution is 0.113. The van der Waals surface area contributed by atoms with Crippen LogP contribution in [0.15, 0.2) is 60.7 Å². The third-order valence-corrected chi connectivity index (χ3v) is 5.82. The molecule has 6 heteroatoms. The monoisotopic (exact) mass is 441 g/mol. The smallest absolute Gasteiger partial charge is 0.407 e. The molecule has 0 bridgehead atoms. The topological polar surface area (TPSA) is 49.8 Å². The minimum Gasteiger partial charge on any atom is -0.487 e. The zero-order valence-electron chi connectivity index (χ0n) is 16.4. The van der Waals surface area contributed by atoms with Crippen molar-refractivity contribution < 1.29 is 14.6 Å². The normalized spacial score (nSPS) is 14.8. The molecule has 4 rings (SSSR count). The van der Waals surface area contributed by atoms with Gasteiger partial charge in [-0.05, 0) is 41.8 Å². The van der Waals surface area contributed by atoms with E-state index in [2.05, 4.69) is 6.07 Å². The van der Waals surface area contributed by atoms with E-state index in [4.69, 9.17) is 27.9 Å². The largest absolute Gasteiger partial charge is 0.487 e. The number of hydrogen-bond acceptors (Lipinski definition) is 2. The van der Waals surface area contributed by atoms with Gasteiger partial charge in [0.1, 0.15) is 11.9 Å². The van der Waals surface area contributed by atoms with Crippen LogP contribution < -0.4 is 4.74 Å². The number of benzene rings is 3. The molecule has 0 radical (unpaired) electrons. The second kappa shape index (κ2) is 8.58. The molecule has 0 saturated heterocycles. The van der Waals surface area contributed by atoms with Gasteiger partial charge in [0.15, 0.2) is 0 Å². The Morgan fingerprint density at radius 2 is 1.80 bits per heavy atom. The van der Waals surface area contributed by atoms with Crippen molar-refractivity contribution in [2.75, 3.05) is 6.54 Å². The Morgan fingerprint density at radius 1 is 1.10 bits per heavy atom. The van der Waals surface area contributed by atoms with Crippen LogP contribution in [0, 0.1) is 6.92 Å². The lowest BCUT2D eigenvalue weighted by Crippen LogP contribution is -2.37. The minimum atomic E-state index is -0.969. The van der Waals surface area contributed by atoms with Gasteiger partial charge in [0, 0.05) is 24.1 Å². The second-order valence-electron chi connectivity index (χ2n) is 7.49. The zero-order valence-corrected chi connectivity index (χ0v) is 18.0. The van der Waals surface area contributed by atoms with Gasteiger partial charge >= 0.3 is 6.09 Å². The summed E-state index contributed by atoms with van der Waals surface area (Å²) in [6.07, 6.45) is -0.615. The number of fused-ring (bicyclic) bond motifs is 1. The van der Waals surface area contributed by atoms with Crippen LogP contribution in [-0.4, -0.2) is 28.7 Å². The highest BCUT2D eigenvalue weighted by molar-refractivity contribution is 6.39. The first-order valence-corrected chi connectivity index (χ1v) is 10.4. The minimum absolute atomic E-state index is 0.271. The molecule has 154 valence electrons. The summed E-state index contributed by atoms with van der Waals surface area (Å²) in [6, 6.07) is 19.0. The predicted molar refractivity (Wildman–Crippen MR) is 120 cm³/mol. The van der Waals surface area contributed by atoms with Crippen LogP contribution in [0.4, 0.5) is 4.79 Å². The maximum absolute atomic E-state index is 11.8. The van der Waals surface area contributed by atoms with Crippen molar-refractivity contribution in [1.82, 2.24) is 4.90 Å². The lowest BCUT2D eigenvalue weighted by atomic mass is 9.97. The Balaban J connectivity index is 1.61. The van der Waals surface area contributed by atoms with Crippen LogP contribution in [0.2, 0.25) is 10.0 Å². The first-order valence-electron chi connectivity index (χ1n) is 9.68. The number of halogens is 2. The third kappa shape index (κ3) is 4.25. The van der Waals surface area contributed by atoms with Gasteiger partial charge in [-0.1, -0.05) is 65.7 Å². The standard InChI is InChI=1S/C24H21Cl2NO3/c1-15-10-17-12-18(14-27(24(28)29)13-16-6-3-2-4-7-16)30-23(17)19(11-15)22-20(25)8-5-9-21(22)26/h2-11,18H,12-14H2,1H3,(H,28,29). The maximum atomic E-state index is 11.8. The number of amides is 1. The summed E-state index contributed by atoms with van der Waals surface area (Å²) in [5.74, 6) is 0.727. The van der Waals surface area contributed by atoms with Crippen LogP contribution >= 0.6 is 23.2 Å². The molecule has 0 fully saturated rings. The number of hydrogen-bond donors (Lipinski definition) is 1. The highest BCUT2D eigenvalue weighted by atomic mass is 35.5. The molecule has 1 amide bonds. The van der Waals surface area contributed by atoms with Gasteiger partial charge in [0.25, 0.3) is 0 Å². The lowest BCUT2D eigenvalue weighted by Gasteiger charge is -2.23. The fourth-order valence-corrected chi connectivity index (χ4v) is 4.50. The fourth-order valence-electron chi connectivity index (χ4n) is 3.90. The molecule has 4 nitrogen and oxygen atoms in total. The van der Waals surface area contributed by atoms with Gasteiger partial charge in [-0.25, -0.2) is 4.79 Å². The predicted octanol–water partition coefficient (Wildman–Crippen LogP) is 6.45. The van der Waals surface area contributed by atoms with Crippen molar-refractivity contribution in [2.45, 2.75) is 26.0 Å². The summed E-state index contributed by atoms with van der Waals surface area (Å²) >= 11 is 12.9. The number of ether oxygens (including phenoxy) is 1. The van der Waals surface area contributed by atoms with Gasteiger partial charge in [-0.2, -0.15) is 0 Å². The molecule has 1 heterocycles. The van der Waals surface area contributed by atoms with Gasteiger partial charge in [-0.15, -0.1) is 0 Å². The van der Waals surface area contributed by atoms with Gasteiger partial charge in [0.05, 0.1) is 16.6 Å². The highest BCUT2D eigenvalue weighted by Gasteiger charge is 2.30. The van der Waals surface area contributed by atoms with E-state index >= 15 is 0 Å². The molecule has 0 aromatic heterocycles. The second-order valence-corrected chi connectivity index (χ2v) is 8.30. The van der Waals surface area contributed by atoms with Crippen LogP contribution in [0.1, 0.15) is 16.7 Å². The number of rotatable bonds is 5. The number of carbonyl (C=O) groups is 1. The van der Waals surface area contributed by atoms with Crippen molar-refractivity contribution >= 4 is 29.3 Å². The first kappa shape index (κ1) is 20.6.